The number of rotatable bonds is 6. The molecule has 15 heavy (non-hydrogen) atoms. The molecule has 4 heteroatoms. The van der Waals surface area contributed by atoms with Gasteiger partial charge in [0.2, 0.25) is 0 Å². The Bertz CT molecular complexity index is 172. The Morgan fingerprint density at radius 3 is 2.33 bits per heavy atom. The largest absolute Gasteiger partial charge is 0.540 e. The summed E-state index contributed by atoms with van der Waals surface area (Å²) < 4.78 is 4.80. The van der Waals surface area contributed by atoms with Crippen LogP contribution in [0.2, 0.25) is 0 Å². The van der Waals surface area contributed by atoms with Crippen LogP contribution in [-0.4, -0.2) is 18.4 Å². The van der Waals surface area contributed by atoms with E-state index in [4.69, 9.17) is 9.62 Å². The zero-order chi connectivity index (χ0) is 11.7. The van der Waals surface area contributed by atoms with E-state index < -0.39 is 11.8 Å². The Morgan fingerprint density at radius 1 is 1.13 bits per heavy atom. The summed E-state index contributed by atoms with van der Waals surface area (Å²) in [6.45, 7) is 7.91. The summed E-state index contributed by atoms with van der Waals surface area (Å²) in [6.07, 6.45) is 3.51. The minimum absolute atomic E-state index is 0.395. The summed E-state index contributed by atoms with van der Waals surface area (Å²) in [5.74, 6) is 0. The molecule has 0 aromatic carbocycles. The summed E-state index contributed by atoms with van der Waals surface area (Å²) in [7, 11) is 0. The molecular weight excluding hydrogens is 196 g/mol. The fourth-order valence-corrected chi connectivity index (χ4v) is 0.867. The first kappa shape index (κ1) is 14.2. The lowest BCUT2D eigenvalue weighted by molar-refractivity contribution is -0.312. The van der Waals surface area contributed by atoms with Crippen molar-refractivity contribution >= 4 is 6.16 Å². The summed E-state index contributed by atoms with van der Waals surface area (Å²) in [6, 6.07) is 0. The topological polar surface area (TPSA) is 44.8 Å². The Balaban J connectivity index is 3.34. The van der Waals surface area contributed by atoms with Crippen LogP contribution in [0.3, 0.4) is 0 Å². The molecule has 0 spiro atoms. The molecule has 0 aromatic rings. The molecule has 0 rings (SSSR count). The van der Waals surface area contributed by atoms with Gasteiger partial charge in [0.1, 0.15) is 5.60 Å². The molecule has 0 heterocycles. The van der Waals surface area contributed by atoms with Gasteiger partial charge in [0, 0.05) is 0 Å². The molecule has 0 amide bonds. The van der Waals surface area contributed by atoms with E-state index in [0.29, 0.717) is 6.61 Å². The number of unbranched alkanes of at least 4 members (excludes halogenated alkanes) is 3. The van der Waals surface area contributed by atoms with Gasteiger partial charge in [-0.25, -0.2) is 4.79 Å². The first-order chi connectivity index (χ1) is 6.95. The van der Waals surface area contributed by atoms with Gasteiger partial charge in [-0.1, -0.05) is 26.2 Å². The minimum Gasteiger partial charge on any atom is -0.432 e. The molecule has 0 fully saturated rings. The number of hydrogen-bond acceptors (Lipinski definition) is 4. The van der Waals surface area contributed by atoms with Crippen LogP contribution in [-0.2, 0) is 14.5 Å². The predicted molar refractivity (Wildman–Crippen MR) is 57.4 cm³/mol. The quantitative estimate of drug-likeness (QED) is 0.296. The van der Waals surface area contributed by atoms with Gasteiger partial charge in [-0.05, 0) is 27.2 Å². The highest BCUT2D eigenvalue weighted by Gasteiger charge is 2.15. The predicted octanol–water partition coefficient (Wildman–Crippen LogP) is 3.45. The lowest BCUT2D eigenvalue weighted by atomic mass is 10.2. The normalized spacial score (nSPS) is 11.2. The van der Waals surface area contributed by atoms with Crippen molar-refractivity contribution in [2.45, 2.75) is 59.0 Å². The van der Waals surface area contributed by atoms with E-state index in [0.717, 1.165) is 25.7 Å². The van der Waals surface area contributed by atoms with Crippen molar-refractivity contribution in [1.82, 2.24) is 0 Å². The van der Waals surface area contributed by atoms with E-state index in [1.54, 1.807) is 20.8 Å². The van der Waals surface area contributed by atoms with E-state index >= 15 is 0 Å². The second-order valence-electron chi connectivity index (χ2n) is 4.44. The van der Waals surface area contributed by atoms with Gasteiger partial charge in [-0.15, -0.1) is 0 Å². The first-order valence-electron chi connectivity index (χ1n) is 5.48. The van der Waals surface area contributed by atoms with Crippen molar-refractivity contribution in [3.05, 3.63) is 0 Å². The number of carbonyl (C=O) groups excluding carboxylic acids is 1. The van der Waals surface area contributed by atoms with Crippen LogP contribution in [0.15, 0.2) is 0 Å². The van der Waals surface area contributed by atoms with Crippen LogP contribution < -0.4 is 0 Å². The third-order valence-electron chi connectivity index (χ3n) is 1.58. The van der Waals surface area contributed by atoms with Gasteiger partial charge >= 0.3 is 6.16 Å². The van der Waals surface area contributed by atoms with Gasteiger partial charge in [0.25, 0.3) is 0 Å². The fraction of sp³-hybridized carbons (Fsp3) is 0.909. The average Bonchev–Trinajstić information content (AvgIpc) is 2.13. The minimum atomic E-state index is -0.763. The van der Waals surface area contributed by atoms with Crippen LogP contribution in [0.4, 0.5) is 4.79 Å². The standard InChI is InChI=1S/C11H22O4/c1-5-6-7-8-9-13-10(12)14-15-11(2,3)4/h5-9H2,1-4H3. The summed E-state index contributed by atoms with van der Waals surface area (Å²) in [4.78, 5) is 20.2. The summed E-state index contributed by atoms with van der Waals surface area (Å²) in [5.41, 5.74) is -0.499. The Hall–Kier alpha value is -0.770. The van der Waals surface area contributed by atoms with E-state index in [1.165, 1.54) is 0 Å². The zero-order valence-corrected chi connectivity index (χ0v) is 10.2. The van der Waals surface area contributed by atoms with Crippen LogP contribution in [0.5, 0.6) is 0 Å². The highest BCUT2D eigenvalue weighted by atomic mass is 17.2. The van der Waals surface area contributed by atoms with Crippen LogP contribution in [0.1, 0.15) is 53.4 Å². The van der Waals surface area contributed by atoms with Gasteiger partial charge in [-0.3, -0.25) is 4.89 Å². The monoisotopic (exact) mass is 218 g/mol. The van der Waals surface area contributed by atoms with Gasteiger partial charge < -0.3 is 4.74 Å². The van der Waals surface area contributed by atoms with Gasteiger partial charge in [-0.2, -0.15) is 4.89 Å². The van der Waals surface area contributed by atoms with Gasteiger partial charge in [0.15, 0.2) is 0 Å². The van der Waals surface area contributed by atoms with E-state index in [1.807, 2.05) is 0 Å². The molecule has 90 valence electrons. The number of ether oxygens (including phenoxy) is 1. The number of hydrogen-bond donors (Lipinski definition) is 0. The summed E-state index contributed by atoms with van der Waals surface area (Å²) in [5, 5.41) is 0. The fourth-order valence-electron chi connectivity index (χ4n) is 0.867. The molecule has 4 nitrogen and oxygen atoms in total. The second-order valence-corrected chi connectivity index (χ2v) is 4.44. The molecule has 0 saturated heterocycles. The van der Waals surface area contributed by atoms with Crippen LogP contribution in [0, 0.1) is 0 Å². The van der Waals surface area contributed by atoms with Crippen molar-refractivity contribution in [3.8, 4) is 0 Å². The maximum atomic E-state index is 11.0. The van der Waals surface area contributed by atoms with Crippen molar-refractivity contribution in [2.75, 3.05) is 6.61 Å². The maximum Gasteiger partial charge on any atom is 0.540 e. The molecule has 0 aromatic heterocycles. The molecule has 0 aliphatic rings. The lowest BCUT2D eigenvalue weighted by Gasteiger charge is -2.16. The molecule has 0 unspecified atom stereocenters. The highest BCUT2D eigenvalue weighted by Crippen LogP contribution is 2.08. The molecule has 0 aliphatic carbocycles. The molecule has 0 aliphatic heterocycles. The van der Waals surface area contributed by atoms with Crippen LogP contribution in [0.25, 0.3) is 0 Å². The third-order valence-corrected chi connectivity index (χ3v) is 1.58. The van der Waals surface area contributed by atoms with Crippen LogP contribution >= 0.6 is 0 Å². The lowest BCUT2D eigenvalue weighted by Crippen LogP contribution is -2.22. The Morgan fingerprint density at radius 2 is 1.80 bits per heavy atom. The second kappa shape index (κ2) is 7.51. The molecule has 0 saturated carbocycles. The van der Waals surface area contributed by atoms with Crippen molar-refractivity contribution in [3.63, 3.8) is 0 Å². The molecule has 0 atom stereocenters. The molecular formula is C11H22O4. The van der Waals surface area contributed by atoms with Crippen molar-refractivity contribution in [1.29, 1.82) is 0 Å². The smallest absolute Gasteiger partial charge is 0.432 e. The highest BCUT2D eigenvalue weighted by molar-refractivity contribution is 5.58. The molecule has 0 bridgehead atoms. The third kappa shape index (κ3) is 11.2. The zero-order valence-electron chi connectivity index (χ0n) is 10.2. The SMILES string of the molecule is CCCCCCOC(=O)OOC(C)(C)C. The van der Waals surface area contributed by atoms with Gasteiger partial charge in [0.05, 0.1) is 6.61 Å². The van der Waals surface area contributed by atoms with E-state index in [2.05, 4.69) is 11.8 Å². The average molecular weight is 218 g/mol. The molecule has 0 N–H and O–H groups in total. The summed E-state index contributed by atoms with van der Waals surface area (Å²) >= 11 is 0. The molecule has 0 radical (unpaired) electrons. The van der Waals surface area contributed by atoms with E-state index in [-0.39, 0.29) is 0 Å². The first-order valence-corrected chi connectivity index (χ1v) is 5.48. The Labute approximate surface area is 91.8 Å². The van der Waals surface area contributed by atoms with E-state index in [9.17, 15) is 4.79 Å². The Kier molecular flexibility index (Phi) is 7.13. The van der Waals surface area contributed by atoms with Crippen molar-refractivity contribution in [2.24, 2.45) is 0 Å². The number of carbonyl (C=O) groups is 1. The van der Waals surface area contributed by atoms with Crippen molar-refractivity contribution < 1.29 is 19.3 Å². The maximum absolute atomic E-state index is 11.0.